The fourth-order valence-electron chi connectivity index (χ4n) is 3.02. The van der Waals surface area contributed by atoms with Crippen molar-refractivity contribution < 1.29 is 9.53 Å². The van der Waals surface area contributed by atoms with Gasteiger partial charge in [-0.3, -0.25) is 9.89 Å². The van der Waals surface area contributed by atoms with Crippen molar-refractivity contribution in [1.29, 1.82) is 0 Å². The number of benzene rings is 1. The van der Waals surface area contributed by atoms with Crippen molar-refractivity contribution in [2.75, 3.05) is 18.8 Å². The molecule has 7 nitrogen and oxygen atoms in total. The average Bonchev–Trinajstić information content (AvgIpc) is 3.02. The predicted molar refractivity (Wildman–Crippen MR) is 95.9 cm³/mol. The van der Waals surface area contributed by atoms with Crippen LogP contribution in [0.4, 0.5) is 5.95 Å². The molecule has 1 aromatic heterocycles. The summed E-state index contributed by atoms with van der Waals surface area (Å²) in [6.07, 6.45) is 1.60. The van der Waals surface area contributed by atoms with E-state index in [-0.39, 0.29) is 23.9 Å². The first-order valence-corrected chi connectivity index (χ1v) is 8.75. The first-order valence-electron chi connectivity index (χ1n) is 8.37. The van der Waals surface area contributed by atoms with Crippen molar-refractivity contribution in [2.45, 2.75) is 38.7 Å². The predicted octanol–water partition coefficient (Wildman–Crippen LogP) is 2.85. The number of aromatic amines is 1. The topological polar surface area (TPSA) is 97.1 Å². The molecule has 25 heavy (non-hydrogen) atoms. The van der Waals surface area contributed by atoms with Crippen LogP contribution in [0.1, 0.15) is 48.8 Å². The van der Waals surface area contributed by atoms with Crippen molar-refractivity contribution in [3.05, 3.63) is 34.6 Å². The Bertz CT molecular complexity index is 753. The molecule has 3 rings (SSSR count). The maximum Gasteiger partial charge on any atom is 0.257 e. The number of piperidine rings is 1. The number of halogens is 1. The summed E-state index contributed by atoms with van der Waals surface area (Å²) in [6, 6.07) is 5.15. The molecule has 0 radical (unpaired) electrons. The van der Waals surface area contributed by atoms with E-state index in [1.165, 1.54) is 0 Å². The molecule has 0 atom stereocenters. The number of carbonyl (C=O) groups is 1. The number of nitrogen functional groups attached to an aromatic ring is 1. The Morgan fingerprint density at radius 3 is 2.72 bits per heavy atom. The lowest BCUT2D eigenvalue weighted by atomic mass is 9.95. The quantitative estimate of drug-likeness (QED) is 0.870. The van der Waals surface area contributed by atoms with E-state index in [0.29, 0.717) is 29.4 Å². The van der Waals surface area contributed by atoms with Gasteiger partial charge in [-0.15, -0.1) is 5.10 Å². The van der Waals surface area contributed by atoms with Crippen molar-refractivity contribution in [3.63, 3.8) is 0 Å². The first kappa shape index (κ1) is 17.5. The molecule has 8 heteroatoms. The van der Waals surface area contributed by atoms with Crippen LogP contribution in [0.2, 0.25) is 5.02 Å². The maximum atomic E-state index is 12.9. The average molecular weight is 364 g/mol. The molecule has 2 heterocycles. The summed E-state index contributed by atoms with van der Waals surface area (Å²) in [5.74, 6) is 1.78. The molecule has 1 amide bonds. The third-order valence-corrected chi connectivity index (χ3v) is 4.46. The molecule has 0 bridgehead atoms. The summed E-state index contributed by atoms with van der Waals surface area (Å²) >= 11 is 6.08. The van der Waals surface area contributed by atoms with E-state index in [9.17, 15) is 4.79 Å². The van der Waals surface area contributed by atoms with Gasteiger partial charge < -0.3 is 15.4 Å². The summed E-state index contributed by atoms with van der Waals surface area (Å²) in [4.78, 5) is 19.0. The van der Waals surface area contributed by atoms with Gasteiger partial charge in [0.1, 0.15) is 11.6 Å². The van der Waals surface area contributed by atoms with Crippen molar-refractivity contribution in [1.82, 2.24) is 20.1 Å². The lowest BCUT2D eigenvalue weighted by molar-refractivity contribution is 0.0705. The summed E-state index contributed by atoms with van der Waals surface area (Å²) in [5.41, 5.74) is 6.07. The number of nitrogens with one attached hydrogen (secondary N) is 1. The van der Waals surface area contributed by atoms with Crippen LogP contribution in [0.25, 0.3) is 0 Å². The zero-order chi connectivity index (χ0) is 18.0. The van der Waals surface area contributed by atoms with Gasteiger partial charge in [0, 0.05) is 24.0 Å². The molecule has 0 spiro atoms. The van der Waals surface area contributed by atoms with E-state index in [2.05, 4.69) is 15.2 Å². The summed E-state index contributed by atoms with van der Waals surface area (Å²) in [6.45, 7) is 5.13. The van der Waals surface area contributed by atoms with E-state index < -0.39 is 0 Å². The smallest absolute Gasteiger partial charge is 0.257 e. The number of H-pyrrole nitrogens is 1. The molecule has 134 valence electrons. The zero-order valence-electron chi connectivity index (χ0n) is 14.3. The number of ether oxygens (including phenoxy) is 1. The minimum Gasteiger partial charge on any atom is -0.490 e. The Labute approximate surface area is 151 Å². The van der Waals surface area contributed by atoms with Crippen molar-refractivity contribution >= 4 is 23.5 Å². The number of hydrogen-bond donors (Lipinski definition) is 2. The number of anilines is 1. The molecule has 0 unspecified atom stereocenters. The standard InChI is InChI=1S/C17H22ClN5O2/c1-10(2)25-14-4-3-12(18)9-13(14)16(24)23-7-5-11(6-8-23)15-20-17(19)22-21-15/h3-4,9-11H,5-8H2,1-2H3,(H3,19,20,21,22). The van der Waals surface area contributed by atoms with E-state index in [1.807, 2.05) is 18.7 Å². The van der Waals surface area contributed by atoms with Gasteiger partial charge in [0.05, 0.1) is 11.7 Å². The maximum absolute atomic E-state index is 12.9. The number of carbonyl (C=O) groups excluding carboxylic acids is 1. The fourth-order valence-corrected chi connectivity index (χ4v) is 3.20. The second-order valence-corrected chi connectivity index (χ2v) is 6.89. The molecule has 3 N–H and O–H groups in total. The molecule has 1 saturated heterocycles. The molecule has 1 aliphatic heterocycles. The SMILES string of the molecule is CC(C)Oc1ccc(Cl)cc1C(=O)N1CCC(c2nc(N)n[nH]2)CC1. The van der Waals surface area contributed by atoms with Gasteiger partial charge in [0.25, 0.3) is 5.91 Å². The molecule has 0 aliphatic carbocycles. The Morgan fingerprint density at radius 1 is 1.40 bits per heavy atom. The van der Waals surface area contributed by atoms with Gasteiger partial charge in [-0.05, 0) is 44.9 Å². The molecule has 1 aromatic carbocycles. The first-order chi connectivity index (χ1) is 11.9. The van der Waals surface area contributed by atoms with Crippen LogP contribution in [0, 0.1) is 0 Å². The minimum atomic E-state index is -0.0614. The van der Waals surface area contributed by atoms with Gasteiger partial charge in [-0.1, -0.05) is 11.6 Å². The van der Waals surface area contributed by atoms with Gasteiger partial charge in [0.2, 0.25) is 5.95 Å². The lowest BCUT2D eigenvalue weighted by Gasteiger charge is -2.31. The van der Waals surface area contributed by atoms with Crippen LogP contribution in [0.15, 0.2) is 18.2 Å². The summed E-state index contributed by atoms with van der Waals surface area (Å²) in [5, 5.41) is 7.25. The van der Waals surface area contributed by atoms with Gasteiger partial charge in [0.15, 0.2) is 0 Å². The van der Waals surface area contributed by atoms with Gasteiger partial charge >= 0.3 is 0 Å². The minimum absolute atomic E-state index is 0.0182. The second kappa shape index (κ2) is 7.31. The number of aromatic nitrogens is 3. The number of likely N-dealkylation sites (tertiary alicyclic amines) is 1. The Hall–Kier alpha value is -2.28. The monoisotopic (exact) mass is 363 g/mol. The normalized spacial score (nSPS) is 15.6. The van der Waals surface area contributed by atoms with Crippen LogP contribution >= 0.6 is 11.6 Å². The fraction of sp³-hybridized carbons (Fsp3) is 0.471. The highest BCUT2D eigenvalue weighted by Crippen LogP contribution is 2.30. The van der Waals surface area contributed by atoms with E-state index in [1.54, 1.807) is 18.2 Å². The number of amides is 1. The van der Waals surface area contributed by atoms with E-state index >= 15 is 0 Å². The summed E-state index contributed by atoms with van der Waals surface area (Å²) < 4.78 is 5.76. The number of hydrogen-bond acceptors (Lipinski definition) is 5. The molecule has 1 aliphatic rings. The molecular weight excluding hydrogens is 342 g/mol. The highest BCUT2D eigenvalue weighted by Gasteiger charge is 2.28. The number of nitrogens with two attached hydrogens (primary N) is 1. The number of nitrogens with zero attached hydrogens (tertiary/aromatic N) is 3. The second-order valence-electron chi connectivity index (χ2n) is 6.45. The third kappa shape index (κ3) is 4.04. The van der Waals surface area contributed by atoms with Crippen molar-refractivity contribution in [2.24, 2.45) is 0 Å². The van der Waals surface area contributed by atoms with E-state index in [4.69, 9.17) is 22.1 Å². The number of rotatable bonds is 4. The largest absolute Gasteiger partial charge is 0.490 e. The van der Waals surface area contributed by atoms with Crippen LogP contribution in [-0.2, 0) is 0 Å². The molecule has 0 saturated carbocycles. The third-order valence-electron chi connectivity index (χ3n) is 4.22. The Morgan fingerprint density at radius 2 is 2.12 bits per heavy atom. The van der Waals surface area contributed by atoms with Crippen LogP contribution in [0.3, 0.4) is 0 Å². The molecule has 2 aromatic rings. The van der Waals surface area contributed by atoms with Gasteiger partial charge in [-0.2, -0.15) is 4.98 Å². The Kier molecular flexibility index (Phi) is 5.13. The van der Waals surface area contributed by atoms with Crippen molar-refractivity contribution in [3.8, 4) is 5.75 Å². The van der Waals surface area contributed by atoms with Crippen LogP contribution < -0.4 is 10.5 Å². The molecular formula is C17H22ClN5O2. The molecule has 1 fully saturated rings. The highest BCUT2D eigenvalue weighted by atomic mass is 35.5. The highest BCUT2D eigenvalue weighted by molar-refractivity contribution is 6.31. The summed E-state index contributed by atoms with van der Waals surface area (Å²) in [7, 11) is 0. The zero-order valence-corrected chi connectivity index (χ0v) is 15.1. The van der Waals surface area contributed by atoms with Gasteiger partial charge in [-0.25, -0.2) is 0 Å². The van der Waals surface area contributed by atoms with E-state index in [0.717, 1.165) is 18.7 Å². The van der Waals surface area contributed by atoms with Crippen LogP contribution in [0.5, 0.6) is 5.75 Å². The lowest BCUT2D eigenvalue weighted by Crippen LogP contribution is -2.38. The Balaban J connectivity index is 1.71. The van der Waals surface area contributed by atoms with Crippen LogP contribution in [-0.4, -0.2) is 45.2 Å².